The summed E-state index contributed by atoms with van der Waals surface area (Å²) < 4.78 is 68.4. The molecule has 17 nitrogen and oxygen atoms in total. The molecule has 0 fully saturated rings. The van der Waals surface area contributed by atoms with Crippen molar-refractivity contribution in [1.82, 2.24) is 0 Å². The molecule has 0 radical (unpaired) electrons. The van der Waals surface area contributed by atoms with Crippen LogP contribution in [0, 0.1) is 0 Å². The molecule has 2 unspecified atom stereocenters. The average molecular weight is 1420 g/mol. The third-order valence-corrected chi connectivity index (χ3v) is 20.3. The van der Waals surface area contributed by atoms with Gasteiger partial charge in [-0.05, 0) is 25.7 Å². The summed E-state index contributed by atoms with van der Waals surface area (Å²) in [5, 5.41) is 10.6. The van der Waals surface area contributed by atoms with E-state index in [0.717, 1.165) is 103 Å². The van der Waals surface area contributed by atoms with Crippen LogP contribution in [0.3, 0.4) is 0 Å². The quantitative estimate of drug-likeness (QED) is 0.0222. The van der Waals surface area contributed by atoms with Crippen LogP contribution in [0.2, 0.25) is 0 Å². The van der Waals surface area contributed by atoms with Crippen LogP contribution in [0.4, 0.5) is 0 Å². The number of phosphoric acid groups is 2. The number of carbonyl (C=O) groups is 4. The summed E-state index contributed by atoms with van der Waals surface area (Å²) in [7, 11) is -9.90. The van der Waals surface area contributed by atoms with Gasteiger partial charge in [-0.3, -0.25) is 37.3 Å². The average Bonchev–Trinajstić information content (AvgIpc) is 1.54. The molecular formula is C78H152O17P2. The molecule has 3 N–H and O–H groups in total. The molecule has 0 amide bonds. The Morgan fingerprint density at radius 3 is 0.608 bits per heavy atom. The monoisotopic (exact) mass is 1420 g/mol. The van der Waals surface area contributed by atoms with Crippen LogP contribution in [0.1, 0.15) is 419 Å². The lowest BCUT2D eigenvalue weighted by atomic mass is 10.0. The first-order valence-corrected chi connectivity index (χ1v) is 43.8. The van der Waals surface area contributed by atoms with Crippen molar-refractivity contribution in [2.45, 2.75) is 438 Å². The Bertz CT molecular complexity index is 1840. The molecule has 0 aromatic carbocycles. The number of ether oxygens (including phenoxy) is 4. The van der Waals surface area contributed by atoms with Crippen molar-refractivity contribution in [2.75, 3.05) is 39.6 Å². The molecule has 0 saturated carbocycles. The van der Waals surface area contributed by atoms with E-state index in [-0.39, 0.29) is 25.7 Å². The Labute approximate surface area is 594 Å². The Morgan fingerprint density at radius 2 is 0.412 bits per heavy atom. The maximum atomic E-state index is 13.1. The normalized spacial score (nSPS) is 13.8. The molecule has 576 valence electrons. The molecule has 19 heteroatoms. The molecular weight excluding hydrogens is 1270 g/mol. The minimum Gasteiger partial charge on any atom is -0.462 e. The van der Waals surface area contributed by atoms with Gasteiger partial charge in [0, 0.05) is 25.7 Å². The highest BCUT2D eigenvalue weighted by atomic mass is 31.2. The van der Waals surface area contributed by atoms with Crippen LogP contribution < -0.4 is 0 Å². The number of esters is 4. The Kier molecular flexibility index (Phi) is 71.0. The maximum Gasteiger partial charge on any atom is 0.472 e. The molecule has 0 rings (SSSR count). The molecule has 0 heterocycles. The molecule has 0 bridgehead atoms. The number of rotatable bonds is 79. The van der Waals surface area contributed by atoms with Gasteiger partial charge in [-0.25, -0.2) is 9.13 Å². The second-order valence-corrected chi connectivity index (χ2v) is 31.0. The number of phosphoric ester groups is 2. The molecule has 97 heavy (non-hydrogen) atoms. The molecule has 0 spiro atoms. The van der Waals surface area contributed by atoms with E-state index in [4.69, 9.17) is 37.0 Å². The molecule has 0 aliphatic heterocycles. The van der Waals surface area contributed by atoms with Gasteiger partial charge in [0.2, 0.25) is 0 Å². The van der Waals surface area contributed by atoms with E-state index in [2.05, 4.69) is 27.7 Å². The third kappa shape index (κ3) is 72.2. The molecule has 0 aliphatic rings. The lowest BCUT2D eigenvalue weighted by Crippen LogP contribution is -2.30. The Balaban J connectivity index is 5.13. The van der Waals surface area contributed by atoms with Gasteiger partial charge in [0.15, 0.2) is 12.2 Å². The number of aliphatic hydroxyl groups excluding tert-OH is 1. The van der Waals surface area contributed by atoms with Gasteiger partial charge in [-0.2, -0.15) is 0 Å². The minimum atomic E-state index is -4.96. The van der Waals surface area contributed by atoms with Crippen LogP contribution >= 0.6 is 15.6 Å². The Morgan fingerprint density at radius 1 is 0.247 bits per heavy atom. The van der Waals surface area contributed by atoms with Crippen molar-refractivity contribution < 1.29 is 80.2 Å². The van der Waals surface area contributed by atoms with Gasteiger partial charge < -0.3 is 33.8 Å². The zero-order valence-corrected chi connectivity index (χ0v) is 64.8. The summed E-state index contributed by atoms with van der Waals surface area (Å²) in [6.07, 6.45) is 64.2. The van der Waals surface area contributed by atoms with Crippen molar-refractivity contribution in [1.29, 1.82) is 0 Å². The van der Waals surface area contributed by atoms with Crippen LogP contribution in [-0.2, 0) is 65.4 Å². The van der Waals surface area contributed by atoms with Crippen LogP contribution in [0.25, 0.3) is 0 Å². The van der Waals surface area contributed by atoms with E-state index in [1.54, 1.807) is 0 Å². The topological polar surface area (TPSA) is 237 Å². The lowest BCUT2D eigenvalue weighted by molar-refractivity contribution is -0.161. The van der Waals surface area contributed by atoms with Crippen molar-refractivity contribution in [3.05, 3.63) is 0 Å². The first kappa shape index (κ1) is 95.1. The smallest absolute Gasteiger partial charge is 0.462 e. The lowest BCUT2D eigenvalue weighted by Gasteiger charge is -2.21. The second-order valence-electron chi connectivity index (χ2n) is 28.1. The maximum absolute atomic E-state index is 13.1. The van der Waals surface area contributed by atoms with Gasteiger partial charge in [-0.1, -0.05) is 368 Å². The van der Waals surface area contributed by atoms with E-state index >= 15 is 0 Å². The number of hydrogen-bond acceptors (Lipinski definition) is 15. The molecule has 0 aromatic heterocycles. The van der Waals surface area contributed by atoms with Crippen molar-refractivity contribution >= 4 is 39.5 Å². The summed E-state index contributed by atoms with van der Waals surface area (Å²) >= 11 is 0. The van der Waals surface area contributed by atoms with Crippen molar-refractivity contribution in [2.24, 2.45) is 0 Å². The molecule has 0 aliphatic carbocycles. The van der Waals surface area contributed by atoms with E-state index in [1.165, 1.54) is 238 Å². The minimum absolute atomic E-state index is 0.107. The number of unbranched alkanes of at least 4 members (excludes halogenated alkanes) is 53. The summed E-state index contributed by atoms with van der Waals surface area (Å²) in [6.45, 7) is 4.94. The second kappa shape index (κ2) is 72.4. The van der Waals surface area contributed by atoms with Crippen LogP contribution in [0.5, 0.6) is 0 Å². The van der Waals surface area contributed by atoms with Gasteiger partial charge in [0.25, 0.3) is 0 Å². The molecule has 0 aromatic rings. The fourth-order valence-electron chi connectivity index (χ4n) is 12.1. The highest BCUT2D eigenvalue weighted by Gasteiger charge is 2.30. The fraction of sp³-hybridized carbons (Fsp3) is 0.949. The summed E-state index contributed by atoms with van der Waals surface area (Å²) in [4.78, 5) is 72.7. The highest BCUT2D eigenvalue weighted by Crippen LogP contribution is 2.45. The summed E-state index contributed by atoms with van der Waals surface area (Å²) in [5.41, 5.74) is 0. The van der Waals surface area contributed by atoms with Crippen LogP contribution in [-0.4, -0.2) is 96.7 Å². The van der Waals surface area contributed by atoms with E-state index in [1.807, 2.05) is 0 Å². The Hall–Kier alpha value is -1.94. The molecule has 5 atom stereocenters. The SMILES string of the molecule is CCCCCCCCCCCCCCCCCCCCCCCCC(=O)O[C@H](COC(=O)CCCCCCCCCCCCCCCCCCCC)COP(=O)(O)OC[C@@H](O)COP(=O)(O)OC[C@@H](COC(=O)CCCCCCCCC)OC(=O)CCCCCCCCCCCC. The number of carbonyl (C=O) groups excluding carboxylic acids is 4. The summed E-state index contributed by atoms with van der Waals surface area (Å²) in [5.74, 6) is -2.12. The van der Waals surface area contributed by atoms with E-state index in [0.29, 0.717) is 25.7 Å². The first-order chi connectivity index (χ1) is 47.2. The van der Waals surface area contributed by atoms with Crippen molar-refractivity contribution in [3.63, 3.8) is 0 Å². The van der Waals surface area contributed by atoms with E-state index in [9.17, 15) is 43.2 Å². The summed E-state index contributed by atoms with van der Waals surface area (Å²) in [6, 6.07) is 0. The largest absolute Gasteiger partial charge is 0.472 e. The van der Waals surface area contributed by atoms with Crippen molar-refractivity contribution in [3.8, 4) is 0 Å². The number of aliphatic hydroxyl groups is 1. The third-order valence-electron chi connectivity index (χ3n) is 18.4. The highest BCUT2D eigenvalue weighted by molar-refractivity contribution is 7.47. The van der Waals surface area contributed by atoms with E-state index < -0.39 is 97.5 Å². The first-order valence-electron chi connectivity index (χ1n) is 40.8. The predicted octanol–water partition coefficient (Wildman–Crippen LogP) is 23.4. The number of hydrogen-bond donors (Lipinski definition) is 3. The predicted molar refractivity (Wildman–Crippen MR) is 395 cm³/mol. The van der Waals surface area contributed by atoms with Gasteiger partial charge in [0.1, 0.15) is 19.3 Å². The van der Waals surface area contributed by atoms with Gasteiger partial charge >= 0.3 is 39.5 Å². The van der Waals surface area contributed by atoms with Gasteiger partial charge in [-0.15, -0.1) is 0 Å². The fourth-order valence-corrected chi connectivity index (χ4v) is 13.7. The zero-order chi connectivity index (χ0) is 71.1. The van der Waals surface area contributed by atoms with Gasteiger partial charge in [0.05, 0.1) is 26.4 Å². The zero-order valence-electron chi connectivity index (χ0n) is 63.1. The molecule has 0 saturated heterocycles. The standard InChI is InChI=1S/C78H152O17P2/c1-5-9-13-17-21-24-27-29-31-33-35-36-37-38-40-42-44-46-49-53-57-61-65-78(83)95-74(69-89-76(81)63-59-55-51-48-45-43-41-39-34-32-30-28-25-22-18-14-10-6-2)71-93-97(86,87)91-67-72(79)66-90-96(84,85)92-70-73(68-88-75(80)62-58-54-50-20-16-12-8-4)94-77(82)64-60-56-52-47-26-23-19-15-11-7-3/h72-74,79H,5-71H2,1-4H3,(H,84,85)(H,86,87)/t72-,73+,74+/m0/s1. The van der Waals surface area contributed by atoms with Crippen LogP contribution in [0.15, 0.2) is 0 Å².